The van der Waals surface area contributed by atoms with Crippen LogP contribution in [0.2, 0.25) is 0 Å². The van der Waals surface area contributed by atoms with Crippen LogP contribution in [0.1, 0.15) is 0 Å². The highest BCUT2D eigenvalue weighted by Crippen LogP contribution is 2.16. The first-order valence-electron chi connectivity index (χ1n) is 2.83. The summed E-state index contributed by atoms with van der Waals surface area (Å²) in [5.74, 6) is -0.0827. The van der Waals surface area contributed by atoms with Crippen molar-refractivity contribution in [2.75, 3.05) is 0 Å². The van der Waals surface area contributed by atoms with Gasteiger partial charge in [0, 0.05) is 22.6 Å². The molecule has 0 saturated heterocycles. The molecule has 6 heteroatoms. The average molecular weight is 262 g/mol. The van der Waals surface area contributed by atoms with Crippen LogP contribution in [-0.2, 0) is 0 Å². The van der Waals surface area contributed by atoms with Gasteiger partial charge in [-0.25, -0.2) is 9.97 Å². The molecule has 0 aliphatic rings. The Bertz CT molecular complexity index is 398. The number of imidazole rings is 1. The van der Waals surface area contributed by atoms with Gasteiger partial charge in [-0.1, -0.05) is 0 Å². The van der Waals surface area contributed by atoms with E-state index in [0.717, 1.165) is 0 Å². The van der Waals surface area contributed by atoms with Crippen LogP contribution < -0.4 is 0 Å². The number of hydrogen-bond acceptors (Lipinski definition) is 4. The summed E-state index contributed by atoms with van der Waals surface area (Å²) < 4.78 is 0.497. The smallest absolute Gasteiger partial charge is 0.243 e. The molecule has 0 bridgehead atoms. The largest absolute Gasteiger partial charge is 0.492 e. The highest BCUT2D eigenvalue weighted by atomic mass is 127. The molecule has 2 rings (SSSR count). The van der Waals surface area contributed by atoms with Crippen LogP contribution >= 0.6 is 22.6 Å². The highest BCUT2D eigenvalue weighted by Gasteiger charge is 2.05. The Labute approximate surface area is 75.0 Å². The summed E-state index contributed by atoms with van der Waals surface area (Å²) in [5.41, 5.74) is 0.965. The molecule has 0 fully saturated rings. The first-order valence-corrected chi connectivity index (χ1v) is 3.91. The number of aromatic hydroxyl groups is 1. The Morgan fingerprint density at radius 3 is 3.09 bits per heavy atom. The predicted octanol–water partition coefficient (Wildman–Crippen LogP) is 0.663. The molecule has 0 amide bonds. The molecule has 0 spiro atoms. The van der Waals surface area contributed by atoms with Crippen molar-refractivity contribution in [3.05, 3.63) is 10.2 Å². The molecule has 0 aliphatic carbocycles. The molecular weight excluding hydrogens is 259 g/mol. The van der Waals surface area contributed by atoms with Crippen molar-refractivity contribution in [1.82, 2.24) is 19.9 Å². The summed E-state index contributed by atoms with van der Waals surface area (Å²) in [6.45, 7) is 0. The number of halogens is 1. The fourth-order valence-corrected chi connectivity index (χ4v) is 1.26. The summed E-state index contributed by atoms with van der Waals surface area (Å²) in [6, 6.07) is 0. The van der Waals surface area contributed by atoms with Crippen molar-refractivity contribution in [1.29, 1.82) is 0 Å². The number of H-pyrrole nitrogens is 1. The van der Waals surface area contributed by atoms with E-state index in [1.807, 2.05) is 22.6 Å². The lowest BCUT2D eigenvalue weighted by atomic mass is 10.5. The van der Waals surface area contributed by atoms with Crippen LogP contribution in [0.4, 0.5) is 0 Å². The fourth-order valence-electron chi connectivity index (χ4n) is 0.794. The lowest BCUT2D eigenvalue weighted by Gasteiger charge is -1.91. The minimum Gasteiger partial charge on any atom is -0.492 e. The van der Waals surface area contributed by atoms with Crippen LogP contribution in [0.5, 0.6) is 5.88 Å². The summed E-state index contributed by atoms with van der Waals surface area (Å²) in [6.07, 6.45) is 1.47. The van der Waals surface area contributed by atoms with Gasteiger partial charge < -0.3 is 10.1 Å². The van der Waals surface area contributed by atoms with Gasteiger partial charge in [0.05, 0.1) is 6.33 Å². The van der Waals surface area contributed by atoms with E-state index in [2.05, 4.69) is 19.9 Å². The third kappa shape index (κ3) is 1.02. The van der Waals surface area contributed by atoms with Crippen molar-refractivity contribution >= 4 is 33.8 Å². The van der Waals surface area contributed by atoms with Crippen LogP contribution in [0.3, 0.4) is 0 Å². The van der Waals surface area contributed by atoms with Crippen molar-refractivity contribution in [2.45, 2.75) is 0 Å². The van der Waals surface area contributed by atoms with E-state index < -0.39 is 0 Å². The monoisotopic (exact) mass is 262 g/mol. The van der Waals surface area contributed by atoms with Gasteiger partial charge >= 0.3 is 0 Å². The van der Waals surface area contributed by atoms with E-state index in [0.29, 0.717) is 15.0 Å². The Morgan fingerprint density at radius 1 is 1.45 bits per heavy atom. The number of hydrogen-bond donors (Lipinski definition) is 2. The van der Waals surface area contributed by atoms with Crippen LogP contribution in [0, 0.1) is 3.83 Å². The average Bonchev–Trinajstić information content (AvgIpc) is 2.34. The van der Waals surface area contributed by atoms with Crippen LogP contribution in [0.15, 0.2) is 6.33 Å². The number of nitrogens with one attached hydrogen (secondary N) is 1. The molecule has 56 valence electrons. The van der Waals surface area contributed by atoms with Crippen LogP contribution in [-0.4, -0.2) is 25.0 Å². The molecule has 0 saturated carbocycles. The number of nitrogens with zero attached hydrogens (tertiary/aromatic N) is 3. The maximum absolute atomic E-state index is 9.20. The van der Waals surface area contributed by atoms with Crippen molar-refractivity contribution in [3.8, 4) is 5.88 Å². The van der Waals surface area contributed by atoms with Gasteiger partial charge in [-0.05, 0) is 0 Å². The maximum atomic E-state index is 9.20. The van der Waals surface area contributed by atoms with E-state index in [4.69, 9.17) is 0 Å². The van der Waals surface area contributed by atoms with Gasteiger partial charge in [-0.2, -0.15) is 4.98 Å². The minimum absolute atomic E-state index is 0.0827. The number of aromatic amines is 1. The lowest BCUT2D eigenvalue weighted by molar-refractivity contribution is 0.456. The topological polar surface area (TPSA) is 74.7 Å². The summed E-state index contributed by atoms with van der Waals surface area (Å²) in [5, 5.41) is 9.20. The molecule has 2 aromatic heterocycles. The van der Waals surface area contributed by atoms with E-state index in [-0.39, 0.29) is 5.88 Å². The molecular formula is C5H3IN4O. The standard InChI is InChI=1S/C5H3IN4O/c6-5-9-3-2(4(11)10-5)7-1-8-3/h1H,(H2,7,8,9,10,11). The third-order valence-electron chi connectivity index (χ3n) is 1.23. The Kier molecular flexibility index (Phi) is 1.41. The van der Waals surface area contributed by atoms with Gasteiger partial charge in [0.2, 0.25) is 5.88 Å². The Balaban J connectivity index is 2.91. The highest BCUT2D eigenvalue weighted by molar-refractivity contribution is 14.1. The second-order valence-corrected chi connectivity index (χ2v) is 2.88. The maximum Gasteiger partial charge on any atom is 0.243 e. The normalized spacial score (nSPS) is 10.6. The molecule has 2 N–H and O–H groups in total. The summed E-state index contributed by atoms with van der Waals surface area (Å²) in [7, 11) is 0. The van der Waals surface area contributed by atoms with Crippen molar-refractivity contribution < 1.29 is 5.11 Å². The molecule has 0 aliphatic heterocycles. The zero-order chi connectivity index (χ0) is 7.84. The Morgan fingerprint density at radius 2 is 2.27 bits per heavy atom. The number of rotatable bonds is 0. The summed E-state index contributed by atoms with van der Waals surface area (Å²) >= 11 is 1.92. The van der Waals surface area contributed by atoms with E-state index in [1.54, 1.807) is 0 Å². The predicted molar refractivity (Wildman–Crippen MR) is 46.1 cm³/mol. The molecule has 11 heavy (non-hydrogen) atoms. The first kappa shape index (κ1) is 6.77. The zero-order valence-corrected chi connectivity index (χ0v) is 7.40. The van der Waals surface area contributed by atoms with Gasteiger partial charge in [-0.15, -0.1) is 0 Å². The van der Waals surface area contributed by atoms with Gasteiger partial charge in [-0.3, -0.25) is 0 Å². The molecule has 2 heterocycles. The Hall–Kier alpha value is -0.920. The number of aromatic nitrogens is 4. The first-order chi connectivity index (χ1) is 5.27. The third-order valence-corrected chi connectivity index (χ3v) is 1.72. The van der Waals surface area contributed by atoms with Gasteiger partial charge in [0.15, 0.2) is 15.0 Å². The van der Waals surface area contributed by atoms with E-state index >= 15 is 0 Å². The quantitative estimate of drug-likeness (QED) is 0.540. The SMILES string of the molecule is Oc1nc(I)nc2[nH]cnc12. The fraction of sp³-hybridized carbons (Fsp3) is 0. The van der Waals surface area contributed by atoms with E-state index in [9.17, 15) is 5.11 Å². The molecule has 2 aromatic rings. The molecule has 0 aromatic carbocycles. The lowest BCUT2D eigenvalue weighted by Crippen LogP contribution is -1.87. The van der Waals surface area contributed by atoms with Gasteiger partial charge in [0.1, 0.15) is 0 Å². The zero-order valence-electron chi connectivity index (χ0n) is 5.24. The second kappa shape index (κ2) is 2.29. The van der Waals surface area contributed by atoms with Gasteiger partial charge in [0.25, 0.3) is 0 Å². The van der Waals surface area contributed by atoms with E-state index in [1.165, 1.54) is 6.33 Å². The van der Waals surface area contributed by atoms with Crippen LogP contribution in [0.25, 0.3) is 11.2 Å². The number of fused-ring (bicyclic) bond motifs is 1. The second-order valence-electron chi connectivity index (χ2n) is 1.92. The molecule has 0 atom stereocenters. The molecule has 0 radical (unpaired) electrons. The molecule has 0 unspecified atom stereocenters. The van der Waals surface area contributed by atoms with Crippen molar-refractivity contribution in [2.24, 2.45) is 0 Å². The molecule has 5 nitrogen and oxygen atoms in total. The van der Waals surface area contributed by atoms with Crippen molar-refractivity contribution in [3.63, 3.8) is 0 Å². The summed E-state index contributed by atoms with van der Waals surface area (Å²) in [4.78, 5) is 14.3. The minimum atomic E-state index is -0.0827.